The number of carbonyl (C=O) groups excluding carboxylic acids is 1. The molecule has 0 saturated carbocycles. The molecule has 6 rings (SSSR count). The fourth-order valence-corrected chi connectivity index (χ4v) is 5.02. The average molecular weight is 497 g/mol. The van der Waals surface area contributed by atoms with Crippen LogP contribution in [0.25, 0.3) is 17.1 Å². The molecule has 0 spiro atoms. The first kappa shape index (κ1) is 23.0. The standard InChI is InChI=1S/C26H28N10O/c37-26(35-12-10-34(11-13-35)24-15-25(31-18-30-24)36-19-27-16-32-36)21-6-8-33(9-7-21)23-14-22(28-17-29-23)20-4-2-1-3-5-20/h1-5,14-19,21H,6-13H2. The van der Waals surface area contributed by atoms with Gasteiger partial charge >= 0.3 is 0 Å². The molecule has 2 aliphatic heterocycles. The van der Waals surface area contributed by atoms with Crippen molar-refractivity contribution >= 4 is 17.5 Å². The fraction of sp³-hybridized carbons (Fsp3) is 0.346. The van der Waals surface area contributed by atoms with Gasteiger partial charge in [-0.05, 0) is 12.8 Å². The molecule has 5 heterocycles. The number of carbonyl (C=O) groups is 1. The summed E-state index contributed by atoms with van der Waals surface area (Å²) in [5.74, 6) is 2.74. The Morgan fingerprint density at radius 2 is 1.41 bits per heavy atom. The van der Waals surface area contributed by atoms with Crippen molar-refractivity contribution in [3.8, 4) is 17.1 Å². The molecule has 0 atom stereocenters. The Balaban J connectivity index is 1.03. The first-order chi connectivity index (χ1) is 18.2. The van der Waals surface area contributed by atoms with Gasteiger partial charge in [-0.25, -0.2) is 29.6 Å². The Morgan fingerprint density at radius 3 is 2.14 bits per heavy atom. The van der Waals surface area contributed by atoms with E-state index in [1.54, 1.807) is 17.3 Å². The van der Waals surface area contributed by atoms with Crippen molar-refractivity contribution in [1.82, 2.24) is 39.6 Å². The molecule has 0 radical (unpaired) electrons. The third kappa shape index (κ3) is 4.97. The number of piperidine rings is 1. The van der Waals surface area contributed by atoms with E-state index in [1.165, 1.54) is 12.7 Å². The van der Waals surface area contributed by atoms with Crippen LogP contribution in [0.4, 0.5) is 11.6 Å². The predicted octanol–water partition coefficient (Wildman–Crippen LogP) is 2.08. The first-order valence-electron chi connectivity index (χ1n) is 12.6. The lowest BCUT2D eigenvalue weighted by molar-refractivity contribution is -0.136. The number of aromatic nitrogens is 7. The van der Waals surface area contributed by atoms with Crippen LogP contribution in [0.15, 0.2) is 67.8 Å². The molecule has 3 aromatic heterocycles. The summed E-state index contributed by atoms with van der Waals surface area (Å²) in [6.45, 7) is 4.48. The van der Waals surface area contributed by atoms with Gasteiger partial charge in [-0.15, -0.1) is 0 Å². The monoisotopic (exact) mass is 496 g/mol. The summed E-state index contributed by atoms with van der Waals surface area (Å²) in [5.41, 5.74) is 1.99. The van der Waals surface area contributed by atoms with Gasteiger partial charge in [0.25, 0.3) is 0 Å². The SMILES string of the molecule is O=C(C1CCN(c2cc(-c3ccccc3)ncn2)CC1)N1CCN(c2cc(-n3cncn3)ncn2)CC1. The molecule has 1 amide bonds. The normalized spacial score (nSPS) is 16.7. The largest absolute Gasteiger partial charge is 0.356 e. The maximum Gasteiger partial charge on any atom is 0.225 e. The molecule has 0 bridgehead atoms. The second-order valence-electron chi connectivity index (χ2n) is 9.28. The molecule has 11 heteroatoms. The van der Waals surface area contributed by atoms with E-state index >= 15 is 0 Å². The summed E-state index contributed by atoms with van der Waals surface area (Å²) in [4.78, 5) is 41.4. The van der Waals surface area contributed by atoms with Crippen LogP contribution in [0.2, 0.25) is 0 Å². The molecule has 2 fully saturated rings. The van der Waals surface area contributed by atoms with Crippen LogP contribution >= 0.6 is 0 Å². The van der Waals surface area contributed by atoms with E-state index in [1.807, 2.05) is 35.2 Å². The van der Waals surface area contributed by atoms with Gasteiger partial charge in [-0.3, -0.25) is 4.79 Å². The number of benzene rings is 1. The molecule has 1 aromatic carbocycles. The van der Waals surface area contributed by atoms with E-state index in [2.05, 4.69) is 52.0 Å². The summed E-state index contributed by atoms with van der Waals surface area (Å²) < 4.78 is 1.61. The van der Waals surface area contributed by atoms with Crippen molar-refractivity contribution in [3.05, 3.63) is 67.8 Å². The molecule has 0 N–H and O–H groups in total. The Morgan fingerprint density at radius 1 is 0.730 bits per heavy atom. The van der Waals surface area contributed by atoms with Crippen LogP contribution in [0.1, 0.15) is 12.8 Å². The van der Waals surface area contributed by atoms with Crippen LogP contribution < -0.4 is 9.80 Å². The van der Waals surface area contributed by atoms with Crippen molar-refractivity contribution in [1.29, 1.82) is 0 Å². The number of piperazine rings is 1. The zero-order chi connectivity index (χ0) is 25.0. The predicted molar refractivity (Wildman–Crippen MR) is 138 cm³/mol. The molecule has 2 saturated heterocycles. The third-order valence-corrected chi connectivity index (χ3v) is 7.10. The maximum atomic E-state index is 13.3. The highest BCUT2D eigenvalue weighted by molar-refractivity contribution is 5.79. The minimum Gasteiger partial charge on any atom is -0.356 e. The molecule has 188 valence electrons. The first-order valence-corrected chi connectivity index (χ1v) is 12.6. The molecule has 37 heavy (non-hydrogen) atoms. The van der Waals surface area contributed by atoms with Crippen molar-refractivity contribution in [2.45, 2.75) is 12.8 Å². The summed E-state index contributed by atoms with van der Waals surface area (Å²) in [7, 11) is 0. The van der Waals surface area contributed by atoms with Crippen LogP contribution in [0.5, 0.6) is 0 Å². The number of rotatable bonds is 5. The van der Waals surface area contributed by atoms with Crippen LogP contribution in [0.3, 0.4) is 0 Å². The van der Waals surface area contributed by atoms with E-state index in [4.69, 9.17) is 0 Å². The minimum absolute atomic E-state index is 0.0520. The highest BCUT2D eigenvalue weighted by Gasteiger charge is 2.31. The number of hydrogen-bond donors (Lipinski definition) is 0. The fourth-order valence-electron chi connectivity index (χ4n) is 5.02. The van der Waals surface area contributed by atoms with Crippen LogP contribution in [-0.2, 0) is 4.79 Å². The van der Waals surface area contributed by atoms with Crippen LogP contribution in [-0.4, -0.2) is 84.8 Å². The highest BCUT2D eigenvalue weighted by atomic mass is 16.2. The number of anilines is 2. The summed E-state index contributed by atoms with van der Waals surface area (Å²) >= 11 is 0. The number of amides is 1. The lowest BCUT2D eigenvalue weighted by Gasteiger charge is -2.39. The Hall–Kier alpha value is -4.41. The van der Waals surface area contributed by atoms with Gasteiger partial charge in [0.1, 0.15) is 36.9 Å². The van der Waals surface area contributed by atoms with E-state index in [-0.39, 0.29) is 11.8 Å². The number of hydrogen-bond acceptors (Lipinski definition) is 9. The molecular formula is C26H28N10O. The van der Waals surface area contributed by atoms with Crippen molar-refractivity contribution < 1.29 is 4.79 Å². The molecular weight excluding hydrogens is 468 g/mol. The van der Waals surface area contributed by atoms with Crippen molar-refractivity contribution in [2.75, 3.05) is 49.1 Å². The topological polar surface area (TPSA) is 109 Å². The average Bonchev–Trinajstić information content (AvgIpc) is 3.53. The summed E-state index contributed by atoms with van der Waals surface area (Å²) in [6, 6.07) is 14.1. The van der Waals surface area contributed by atoms with Gasteiger partial charge < -0.3 is 14.7 Å². The van der Waals surface area contributed by atoms with Gasteiger partial charge in [0, 0.05) is 62.9 Å². The lowest BCUT2D eigenvalue weighted by Crippen LogP contribution is -2.52. The van der Waals surface area contributed by atoms with Gasteiger partial charge in [0.15, 0.2) is 5.82 Å². The summed E-state index contributed by atoms with van der Waals surface area (Å²) in [6.07, 6.45) is 7.92. The molecule has 4 aromatic rings. The van der Waals surface area contributed by atoms with E-state index < -0.39 is 0 Å². The second kappa shape index (κ2) is 10.3. The van der Waals surface area contributed by atoms with Gasteiger partial charge in [0.2, 0.25) is 5.91 Å². The summed E-state index contributed by atoms with van der Waals surface area (Å²) in [5, 5.41) is 4.14. The van der Waals surface area contributed by atoms with Gasteiger partial charge in [-0.1, -0.05) is 30.3 Å². The smallest absolute Gasteiger partial charge is 0.225 e. The van der Waals surface area contributed by atoms with Crippen molar-refractivity contribution in [3.63, 3.8) is 0 Å². The zero-order valence-electron chi connectivity index (χ0n) is 20.5. The van der Waals surface area contributed by atoms with Gasteiger partial charge in [0.05, 0.1) is 5.69 Å². The third-order valence-electron chi connectivity index (χ3n) is 7.10. The molecule has 11 nitrogen and oxygen atoms in total. The van der Waals surface area contributed by atoms with E-state index in [0.717, 1.165) is 61.9 Å². The second-order valence-corrected chi connectivity index (χ2v) is 9.28. The lowest BCUT2D eigenvalue weighted by atomic mass is 9.95. The van der Waals surface area contributed by atoms with Crippen molar-refractivity contribution in [2.24, 2.45) is 5.92 Å². The highest BCUT2D eigenvalue weighted by Crippen LogP contribution is 2.26. The van der Waals surface area contributed by atoms with Crippen LogP contribution in [0, 0.1) is 5.92 Å². The van der Waals surface area contributed by atoms with E-state index in [9.17, 15) is 4.79 Å². The van der Waals surface area contributed by atoms with Gasteiger partial charge in [-0.2, -0.15) is 5.10 Å². The maximum absolute atomic E-state index is 13.3. The number of nitrogens with zero attached hydrogens (tertiary/aromatic N) is 10. The zero-order valence-corrected chi connectivity index (χ0v) is 20.5. The molecule has 0 unspecified atom stereocenters. The van der Waals surface area contributed by atoms with E-state index in [0.29, 0.717) is 18.9 Å². The minimum atomic E-state index is 0.0520. The quantitative estimate of drug-likeness (QED) is 0.410. The molecule has 0 aliphatic carbocycles. The molecule has 2 aliphatic rings. The Labute approximate surface area is 214 Å². The Bertz CT molecular complexity index is 1330. The Kier molecular flexibility index (Phi) is 6.40.